The van der Waals surface area contributed by atoms with Crippen molar-refractivity contribution < 1.29 is 29.4 Å². The summed E-state index contributed by atoms with van der Waals surface area (Å²) in [6.45, 7) is 7.51. The molecule has 0 aromatic rings. The molecule has 0 heterocycles. The number of rotatable bonds is 36. The summed E-state index contributed by atoms with van der Waals surface area (Å²) in [5, 5.41) is 22.4. The fourth-order valence-corrected chi connectivity index (χ4v) is 6.06. The highest BCUT2D eigenvalue weighted by Crippen LogP contribution is 2.15. The van der Waals surface area contributed by atoms with Crippen LogP contribution in [0.25, 0.3) is 0 Å². The molecule has 0 aliphatic carbocycles. The Morgan fingerprint density at radius 3 is 0.720 bits per heavy atom. The summed E-state index contributed by atoms with van der Waals surface area (Å²) >= 11 is 0. The highest BCUT2D eigenvalue weighted by molar-refractivity contribution is 5.83. The van der Waals surface area contributed by atoms with Crippen LogP contribution >= 0.6 is 0 Å². The Bertz CT molecular complexity index is 726. The zero-order valence-electron chi connectivity index (χ0n) is 33.3. The Morgan fingerprint density at radius 2 is 0.540 bits per heavy atom. The lowest BCUT2D eigenvalue weighted by atomic mass is 10.0. The maximum Gasteiger partial charge on any atom is 0.325 e. The van der Waals surface area contributed by atoms with Crippen LogP contribution in [-0.2, 0) is 19.2 Å². The van der Waals surface area contributed by atoms with E-state index in [1.54, 1.807) is 0 Å². The molecule has 0 fully saturated rings. The molecule has 0 saturated heterocycles. The van der Waals surface area contributed by atoms with Crippen molar-refractivity contribution in [2.75, 3.05) is 0 Å². The van der Waals surface area contributed by atoms with Crippen molar-refractivity contribution in [3.05, 3.63) is 0 Å². The lowest BCUT2D eigenvalue weighted by molar-refractivity contribution is -0.141. The minimum atomic E-state index is -0.982. The van der Waals surface area contributed by atoms with Gasteiger partial charge in [0.05, 0.1) is 0 Å². The number of hydrogen-bond donors (Lipinski definition) is 4. The first kappa shape index (κ1) is 50.0. The van der Waals surface area contributed by atoms with Crippen molar-refractivity contribution in [2.45, 2.75) is 245 Å². The summed E-state index contributed by atoms with van der Waals surface area (Å²) < 4.78 is 0. The van der Waals surface area contributed by atoms with Crippen LogP contribution in [0, 0.1) is 0 Å². The number of carboxylic acid groups (broad SMARTS) is 2. The van der Waals surface area contributed by atoms with E-state index in [2.05, 4.69) is 24.5 Å². The molecule has 2 amide bonds. The SMILES string of the molecule is CCCCCCCCCCCCCCCCCC(=O)N[C@@H](C)C(=O)O.CCCCCCCCCCCCCCCCCC(=O)N[C@@H](C)C(=O)O. The van der Waals surface area contributed by atoms with Gasteiger partial charge in [-0.3, -0.25) is 19.2 Å². The van der Waals surface area contributed by atoms with Crippen LogP contribution in [-0.4, -0.2) is 46.0 Å². The number of carbonyl (C=O) groups excluding carboxylic acids is 2. The van der Waals surface area contributed by atoms with Crippen LogP contribution in [0.4, 0.5) is 0 Å². The fourth-order valence-electron chi connectivity index (χ4n) is 6.06. The zero-order valence-corrected chi connectivity index (χ0v) is 33.3. The molecule has 0 radical (unpaired) electrons. The lowest BCUT2D eigenvalue weighted by Gasteiger charge is -2.08. The lowest BCUT2D eigenvalue weighted by Crippen LogP contribution is -2.38. The van der Waals surface area contributed by atoms with E-state index in [1.807, 2.05) is 0 Å². The molecule has 0 spiro atoms. The molecular formula is C42H82N2O6. The smallest absolute Gasteiger partial charge is 0.325 e. The van der Waals surface area contributed by atoms with E-state index in [1.165, 1.54) is 181 Å². The minimum absolute atomic E-state index is 0.149. The van der Waals surface area contributed by atoms with E-state index in [-0.39, 0.29) is 11.8 Å². The highest BCUT2D eigenvalue weighted by Gasteiger charge is 2.14. The second-order valence-corrected chi connectivity index (χ2v) is 14.7. The Kier molecular flexibility index (Phi) is 39.7. The molecule has 8 nitrogen and oxygen atoms in total. The van der Waals surface area contributed by atoms with Crippen LogP contribution in [0.1, 0.15) is 233 Å². The van der Waals surface area contributed by atoms with Gasteiger partial charge in [0, 0.05) is 12.8 Å². The van der Waals surface area contributed by atoms with Gasteiger partial charge in [0.2, 0.25) is 11.8 Å². The Morgan fingerprint density at radius 1 is 0.360 bits per heavy atom. The number of amides is 2. The van der Waals surface area contributed by atoms with Gasteiger partial charge in [-0.2, -0.15) is 0 Å². The summed E-state index contributed by atoms with van der Waals surface area (Å²) in [5.74, 6) is -2.26. The molecule has 0 unspecified atom stereocenters. The van der Waals surface area contributed by atoms with Gasteiger partial charge in [0.1, 0.15) is 12.1 Å². The summed E-state index contributed by atoms with van der Waals surface area (Å²) in [4.78, 5) is 44.3. The van der Waals surface area contributed by atoms with E-state index < -0.39 is 24.0 Å². The third-order valence-electron chi connectivity index (χ3n) is 9.51. The van der Waals surface area contributed by atoms with Crippen molar-refractivity contribution >= 4 is 23.8 Å². The standard InChI is InChI=1S/2C21H41NO3/c2*1-3-4-5-6-7-8-9-10-11-12-13-14-15-16-17-18-20(23)22-19(2)21(24)25/h2*19H,3-18H2,1-2H3,(H,22,23)(H,24,25)/t2*19-/m00/s1. The molecule has 0 saturated carbocycles. The van der Waals surface area contributed by atoms with Gasteiger partial charge in [-0.15, -0.1) is 0 Å². The van der Waals surface area contributed by atoms with Crippen molar-refractivity contribution in [3.8, 4) is 0 Å². The first-order chi connectivity index (χ1) is 24.1. The highest BCUT2D eigenvalue weighted by atomic mass is 16.4. The molecule has 4 N–H and O–H groups in total. The largest absolute Gasteiger partial charge is 0.480 e. The number of aliphatic carboxylic acids is 2. The topological polar surface area (TPSA) is 133 Å². The minimum Gasteiger partial charge on any atom is -0.480 e. The van der Waals surface area contributed by atoms with Gasteiger partial charge in [-0.1, -0.05) is 194 Å². The average molecular weight is 711 g/mol. The van der Waals surface area contributed by atoms with Gasteiger partial charge in [-0.05, 0) is 26.7 Å². The van der Waals surface area contributed by atoms with Crippen LogP contribution in [0.15, 0.2) is 0 Å². The monoisotopic (exact) mass is 711 g/mol. The number of nitrogens with one attached hydrogen (secondary N) is 2. The molecule has 50 heavy (non-hydrogen) atoms. The Balaban J connectivity index is 0. The molecule has 8 heteroatoms. The van der Waals surface area contributed by atoms with Crippen LogP contribution in [0.3, 0.4) is 0 Å². The van der Waals surface area contributed by atoms with Gasteiger partial charge in [0.25, 0.3) is 0 Å². The molecule has 0 aliphatic rings. The van der Waals surface area contributed by atoms with Crippen molar-refractivity contribution in [3.63, 3.8) is 0 Å². The molecule has 0 bridgehead atoms. The molecule has 2 atom stereocenters. The maximum atomic E-state index is 11.5. The van der Waals surface area contributed by atoms with Crippen LogP contribution in [0.5, 0.6) is 0 Å². The normalized spacial score (nSPS) is 12.1. The van der Waals surface area contributed by atoms with E-state index >= 15 is 0 Å². The molecule has 0 aromatic carbocycles. The van der Waals surface area contributed by atoms with Gasteiger partial charge < -0.3 is 20.8 Å². The van der Waals surface area contributed by atoms with Gasteiger partial charge in [-0.25, -0.2) is 0 Å². The Labute approximate surface area is 308 Å². The first-order valence-electron chi connectivity index (χ1n) is 21.2. The van der Waals surface area contributed by atoms with Crippen molar-refractivity contribution in [2.24, 2.45) is 0 Å². The summed E-state index contributed by atoms with van der Waals surface area (Å²) in [6.07, 6.45) is 39.9. The van der Waals surface area contributed by atoms with Gasteiger partial charge in [0.15, 0.2) is 0 Å². The molecule has 0 rings (SSSR count). The number of carbonyl (C=O) groups is 4. The maximum absolute atomic E-state index is 11.5. The van der Waals surface area contributed by atoms with E-state index in [9.17, 15) is 19.2 Å². The van der Waals surface area contributed by atoms with Gasteiger partial charge >= 0.3 is 11.9 Å². The predicted molar refractivity (Wildman–Crippen MR) is 210 cm³/mol. The quantitative estimate of drug-likeness (QED) is 0.0478. The van der Waals surface area contributed by atoms with E-state index in [4.69, 9.17) is 10.2 Å². The van der Waals surface area contributed by atoms with Crippen molar-refractivity contribution in [1.29, 1.82) is 0 Å². The van der Waals surface area contributed by atoms with Crippen molar-refractivity contribution in [1.82, 2.24) is 10.6 Å². The average Bonchev–Trinajstić information content (AvgIpc) is 3.08. The van der Waals surface area contributed by atoms with E-state index in [0.29, 0.717) is 12.8 Å². The number of hydrogen-bond acceptors (Lipinski definition) is 4. The Hall–Kier alpha value is -2.12. The third kappa shape index (κ3) is 40.3. The van der Waals surface area contributed by atoms with Crippen LogP contribution in [0.2, 0.25) is 0 Å². The number of unbranched alkanes of at least 4 members (excludes halogenated alkanes) is 28. The second-order valence-electron chi connectivity index (χ2n) is 14.7. The fraction of sp³-hybridized carbons (Fsp3) is 0.905. The zero-order chi connectivity index (χ0) is 37.5. The molecule has 296 valence electrons. The molecule has 0 aliphatic heterocycles. The van der Waals surface area contributed by atoms with Crippen LogP contribution < -0.4 is 10.6 Å². The third-order valence-corrected chi connectivity index (χ3v) is 9.51. The summed E-state index contributed by atoms with van der Waals surface area (Å²) in [7, 11) is 0. The molecule has 0 aromatic heterocycles. The summed E-state index contributed by atoms with van der Waals surface area (Å²) in [5.41, 5.74) is 0. The summed E-state index contributed by atoms with van der Waals surface area (Å²) in [6, 6.07) is -1.58. The molecular weight excluding hydrogens is 628 g/mol. The first-order valence-corrected chi connectivity index (χ1v) is 21.2. The van der Waals surface area contributed by atoms with E-state index in [0.717, 1.165) is 25.7 Å². The predicted octanol–water partition coefficient (Wildman–Crippen LogP) is 11.7. The second kappa shape index (κ2) is 39.7. The number of carboxylic acids is 2.